The smallest absolute Gasteiger partial charge is 0.131 e. The van der Waals surface area contributed by atoms with Gasteiger partial charge in [-0.05, 0) is 11.6 Å². The van der Waals surface area contributed by atoms with Crippen molar-refractivity contribution in [3.63, 3.8) is 0 Å². The van der Waals surface area contributed by atoms with E-state index in [1.165, 1.54) is 0 Å². The fourth-order valence-corrected chi connectivity index (χ4v) is 1.44. The molecule has 0 N–H and O–H groups in total. The highest BCUT2D eigenvalue weighted by Crippen LogP contribution is 2.10. The molecule has 0 amide bonds. The maximum atomic E-state index is 10.0. The summed E-state index contributed by atoms with van der Waals surface area (Å²) >= 11 is 3.38. The van der Waals surface area contributed by atoms with Gasteiger partial charge >= 0.3 is 0 Å². The molecular weight excluding hydrogens is 228 g/mol. The van der Waals surface area contributed by atoms with Crippen molar-refractivity contribution < 1.29 is 4.79 Å². The van der Waals surface area contributed by atoms with E-state index in [1.807, 2.05) is 24.3 Å². The summed E-state index contributed by atoms with van der Waals surface area (Å²) in [5.74, 6) is 5.74. The van der Waals surface area contributed by atoms with E-state index in [0.29, 0.717) is 6.42 Å². The maximum absolute atomic E-state index is 10.0. The number of rotatable bonds is 2. The van der Waals surface area contributed by atoms with E-state index in [0.717, 1.165) is 22.7 Å². The topological polar surface area (TPSA) is 17.1 Å². The molecule has 0 aliphatic carbocycles. The molecule has 0 aromatic heterocycles. The summed E-state index contributed by atoms with van der Waals surface area (Å²) in [5.41, 5.74) is 2.14. The van der Waals surface area contributed by atoms with Gasteiger partial charge in [-0.2, -0.15) is 0 Å². The quantitative estimate of drug-likeness (QED) is 0.439. The highest BCUT2D eigenvalue weighted by Gasteiger charge is 1.94. The molecular formula is C11H9BrO. The van der Waals surface area contributed by atoms with Crippen LogP contribution in [0, 0.1) is 11.8 Å². The molecule has 0 spiro atoms. The summed E-state index contributed by atoms with van der Waals surface area (Å²) in [6.45, 7) is 0. The van der Waals surface area contributed by atoms with Crippen molar-refractivity contribution in [3.05, 3.63) is 35.4 Å². The normalized spacial score (nSPS) is 8.69. The number of carbonyl (C=O) groups excluding carboxylic acids is 1. The highest BCUT2D eigenvalue weighted by molar-refractivity contribution is 9.08. The van der Waals surface area contributed by atoms with Crippen LogP contribution in [0.4, 0.5) is 0 Å². The Morgan fingerprint density at radius 1 is 1.38 bits per heavy atom. The zero-order chi connectivity index (χ0) is 9.52. The first kappa shape index (κ1) is 10.0. The third-order valence-electron chi connectivity index (χ3n) is 1.57. The minimum Gasteiger partial charge on any atom is -0.302 e. The molecule has 0 aliphatic rings. The second-order valence-electron chi connectivity index (χ2n) is 2.46. The fourth-order valence-electron chi connectivity index (χ4n) is 0.947. The maximum Gasteiger partial charge on any atom is 0.131 e. The van der Waals surface area contributed by atoms with Gasteiger partial charge in [-0.1, -0.05) is 46.0 Å². The molecule has 0 bridgehead atoms. The molecule has 13 heavy (non-hydrogen) atoms. The van der Waals surface area contributed by atoms with Crippen LogP contribution in [-0.4, -0.2) is 6.29 Å². The molecule has 1 aromatic carbocycles. The predicted molar refractivity (Wildman–Crippen MR) is 56.6 cm³/mol. The SMILES string of the molecule is O=CCC#Cc1ccccc1CBr. The van der Waals surface area contributed by atoms with E-state index in [2.05, 4.69) is 27.8 Å². The number of aldehydes is 1. The van der Waals surface area contributed by atoms with Crippen molar-refractivity contribution in [1.29, 1.82) is 0 Å². The lowest BCUT2D eigenvalue weighted by Crippen LogP contribution is -1.83. The minimum absolute atomic E-state index is 0.302. The number of hydrogen-bond acceptors (Lipinski definition) is 1. The molecule has 0 radical (unpaired) electrons. The number of alkyl halides is 1. The van der Waals surface area contributed by atoms with Crippen LogP contribution >= 0.6 is 15.9 Å². The van der Waals surface area contributed by atoms with Crippen LogP contribution in [0.25, 0.3) is 0 Å². The van der Waals surface area contributed by atoms with Crippen LogP contribution in [0.1, 0.15) is 17.5 Å². The van der Waals surface area contributed by atoms with Crippen LogP contribution in [0.15, 0.2) is 24.3 Å². The van der Waals surface area contributed by atoms with Crippen molar-refractivity contribution in [2.75, 3.05) is 0 Å². The summed E-state index contributed by atoms with van der Waals surface area (Å²) in [4.78, 5) is 10.0. The van der Waals surface area contributed by atoms with Crippen LogP contribution in [0.5, 0.6) is 0 Å². The first-order valence-corrected chi connectivity index (χ1v) is 5.07. The summed E-state index contributed by atoms with van der Waals surface area (Å²) < 4.78 is 0. The molecule has 0 saturated heterocycles. The Labute approximate surface area is 86.3 Å². The molecule has 2 heteroatoms. The van der Waals surface area contributed by atoms with Crippen molar-refractivity contribution in [1.82, 2.24) is 0 Å². The second kappa shape index (κ2) is 5.55. The van der Waals surface area contributed by atoms with Gasteiger partial charge in [0.2, 0.25) is 0 Å². The first-order valence-electron chi connectivity index (χ1n) is 3.95. The van der Waals surface area contributed by atoms with E-state index in [4.69, 9.17) is 0 Å². The second-order valence-corrected chi connectivity index (χ2v) is 3.02. The largest absolute Gasteiger partial charge is 0.302 e. The molecule has 0 atom stereocenters. The summed E-state index contributed by atoms with van der Waals surface area (Å²) in [7, 11) is 0. The zero-order valence-electron chi connectivity index (χ0n) is 7.09. The Morgan fingerprint density at radius 3 is 2.85 bits per heavy atom. The molecule has 0 fully saturated rings. The Morgan fingerprint density at radius 2 is 2.15 bits per heavy atom. The number of carbonyl (C=O) groups is 1. The van der Waals surface area contributed by atoms with Crippen molar-refractivity contribution >= 4 is 22.2 Å². The van der Waals surface area contributed by atoms with Crippen molar-refractivity contribution in [2.45, 2.75) is 11.8 Å². The molecule has 0 aliphatic heterocycles. The van der Waals surface area contributed by atoms with Crippen LogP contribution in [0.3, 0.4) is 0 Å². The predicted octanol–water partition coefficient (Wildman–Crippen LogP) is 2.52. The van der Waals surface area contributed by atoms with Gasteiger partial charge in [-0.25, -0.2) is 0 Å². The van der Waals surface area contributed by atoms with Crippen molar-refractivity contribution in [2.24, 2.45) is 0 Å². The molecule has 66 valence electrons. The van der Waals surface area contributed by atoms with Gasteiger partial charge in [-0.3, -0.25) is 0 Å². The average Bonchev–Trinajstić information content (AvgIpc) is 2.19. The van der Waals surface area contributed by atoms with E-state index >= 15 is 0 Å². The molecule has 1 rings (SSSR count). The Hall–Kier alpha value is -1.07. The Bertz CT molecular complexity index is 347. The summed E-state index contributed by atoms with van der Waals surface area (Å²) in [6, 6.07) is 7.88. The molecule has 0 saturated carbocycles. The minimum atomic E-state index is 0.302. The average molecular weight is 237 g/mol. The van der Waals surface area contributed by atoms with E-state index in [9.17, 15) is 4.79 Å². The standard InChI is InChI=1S/C11H9BrO/c12-9-11-7-2-1-5-10(11)6-3-4-8-13/h1-2,5,7-8H,4,9H2. The monoisotopic (exact) mass is 236 g/mol. The lowest BCUT2D eigenvalue weighted by atomic mass is 10.1. The van der Waals surface area contributed by atoms with Gasteiger partial charge in [0.25, 0.3) is 0 Å². The van der Waals surface area contributed by atoms with Crippen LogP contribution in [-0.2, 0) is 10.1 Å². The van der Waals surface area contributed by atoms with Gasteiger partial charge in [0.05, 0.1) is 6.42 Å². The molecule has 0 heterocycles. The number of halogens is 1. The molecule has 1 nitrogen and oxygen atoms in total. The van der Waals surface area contributed by atoms with Gasteiger partial charge < -0.3 is 4.79 Å². The lowest BCUT2D eigenvalue weighted by molar-refractivity contribution is -0.107. The van der Waals surface area contributed by atoms with E-state index in [1.54, 1.807) is 0 Å². The van der Waals surface area contributed by atoms with Gasteiger partial charge in [-0.15, -0.1) is 0 Å². The van der Waals surface area contributed by atoms with Gasteiger partial charge in [0.15, 0.2) is 0 Å². The van der Waals surface area contributed by atoms with E-state index in [-0.39, 0.29) is 0 Å². The van der Waals surface area contributed by atoms with Crippen LogP contribution in [0.2, 0.25) is 0 Å². The first-order chi connectivity index (χ1) is 6.38. The summed E-state index contributed by atoms with van der Waals surface area (Å²) in [6.07, 6.45) is 1.11. The molecule has 0 unspecified atom stereocenters. The van der Waals surface area contributed by atoms with Gasteiger partial charge in [0, 0.05) is 10.9 Å². The number of benzene rings is 1. The fraction of sp³-hybridized carbons (Fsp3) is 0.182. The van der Waals surface area contributed by atoms with Crippen LogP contribution < -0.4 is 0 Å². The van der Waals surface area contributed by atoms with E-state index < -0.39 is 0 Å². The van der Waals surface area contributed by atoms with Crippen molar-refractivity contribution in [3.8, 4) is 11.8 Å². The lowest BCUT2D eigenvalue weighted by Gasteiger charge is -1.97. The Balaban J connectivity index is 2.88. The summed E-state index contributed by atoms with van der Waals surface area (Å²) in [5, 5.41) is 0.791. The van der Waals surface area contributed by atoms with Gasteiger partial charge in [0.1, 0.15) is 6.29 Å². The number of hydrogen-bond donors (Lipinski definition) is 0. The molecule has 1 aromatic rings. The third-order valence-corrected chi connectivity index (χ3v) is 2.17. The highest BCUT2D eigenvalue weighted by atomic mass is 79.9. The third kappa shape index (κ3) is 3.04. The Kier molecular flexibility index (Phi) is 4.28. The zero-order valence-corrected chi connectivity index (χ0v) is 8.67.